The largest absolute Gasteiger partial charge is 0.436 e. The molecule has 0 saturated carbocycles. The van der Waals surface area contributed by atoms with Crippen LogP contribution in [0.5, 0.6) is 0 Å². The van der Waals surface area contributed by atoms with E-state index < -0.39 is 0 Å². The number of oxazole rings is 1. The number of halogens is 2. The van der Waals surface area contributed by atoms with Gasteiger partial charge in [-0.15, -0.1) is 0 Å². The van der Waals surface area contributed by atoms with Gasteiger partial charge in [-0.2, -0.15) is 0 Å². The van der Waals surface area contributed by atoms with E-state index in [0.29, 0.717) is 45.9 Å². The van der Waals surface area contributed by atoms with Gasteiger partial charge in [-0.25, -0.2) is 4.98 Å². The minimum atomic E-state index is -0.0254. The van der Waals surface area contributed by atoms with Crippen LogP contribution in [0.25, 0.3) is 22.8 Å². The van der Waals surface area contributed by atoms with Crippen LogP contribution in [0.2, 0.25) is 10.0 Å². The Labute approximate surface area is 202 Å². The van der Waals surface area contributed by atoms with E-state index in [1.54, 1.807) is 18.3 Å². The summed E-state index contributed by atoms with van der Waals surface area (Å²) < 4.78 is 6.01. The van der Waals surface area contributed by atoms with Crippen LogP contribution in [-0.2, 0) is 0 Å². The topological polar surface area (TPSA) is 49.6 Å². The van der Waals surface area contributed by atoms with Gasteiger partial charge in [-0.05, 0) is 54.6 Å². The van der Waals surface area contributed by atoms with Crippen molar-refractivity contribution in [3.05, 3.63) is 94.6 Å². The lowest BCUT2D eigenvalue weighted by atomic mass is 10.1. The molecule has 1 amide bonds. The molecule has 1 saturated heterocycles. The van der Waals surface area contributed by atoms with E-state index >= 15 is 0 Å². The summed E-state index contributed by atoms with van der Waals surface area (Å²) in [5.41, 5.74) is 3.21. The maximum atomic E-state index is 13.4. The number of aromatic nitrogens is 1. The van der Waals surface area contributed by atoms with Crippen molar-refractivity contribution in [2.75, 3.05) is 31.1 Å². The molecule has 0 atom stereocenters. The van der Waals surface area contributed by atoms with Gasteiger partial charge in [-0.3, -0.25) is 4.79 Å². The van der Waals surface area contributed by atoms with Crippen molar-refractivity contribution < 1.29 is 9.21 Å². The molecule has 166 valence electrons. The fourth-order valence-electron chi connectivity index (χ4n) is 4.01. The van der Waals surface area contributed by atoms with Crippen molar-refractivity contribution in [2.45, 2.75) is 0 Å². The molecule has 1 aliphatic rings. The van der Waals surface area contributed by atoms with E-state index in [2.05, 4.69) is 9.88 Å². The standard InChI is InChI=1S/C26H21Cl2N3O2/c27-19-10-8-18(9-11-19)24-17-29-25(33-24)22-6-1-2-7-23(22)26(32)31-14-12-30(13-15-31)21-5-3-4-20(28)16-21/h1-11,16-17H,12-15H2. The zero-order valence-corrected chi connectivity index (χ0v) is 19.3. The van der Waals surface area contributed by atoms with Crippen molar-refractivity contribution in [1.82, 2.24) is 9.88 Å². The second-order valence-electron chi connectivity index (χ2n) is 7.84. The zero-order chi connectivity index (χ0) is 22.8. The van der Waals surface area contributed by atoms with Crippen molar-refractivity contribution >= 4 is 34.8 Å². The van der Waals surface area contributed by atoms with Crippen molar-refractivity contribution in [3.63, 3.8) is 0 Å². The summed E-state index contributed by atoms with van der Waals surface area (Å²) in [6, 6.07) is 22.6. The Kier molecular flexibility index (Phi) is 6.07. The van der Waals surface area contributed by atoms with Crippen LogP contribution in [0.3, 0.4) is 0 Å². The van der Waals surface area contributed by atoms with E-state index in [9.17, 15) is 4.79 Å². The Balaban J connectivity index is 1.34. The summed E-state index contributed by atoms with van der Waals surface area (Å²) >= 11 is 12.1. The lowest BCUT2D eigenvalue weighted by Gasteiger charge is -2.36. The molecule has 0 unspecified atom stereocenters. The number of amides is 1. The summed E-state index contributed by atoms with van der Waals surface area (Å²) in [5.74, 6) is 1.02. The highest BCUT2D eigenvalue weighted by Crippen LogP contribution is 2.30. The normalized spacial score (nSPS) is 13.9. The number of carbonyl (C=O) groups excluding carboxylic acids is 1. The summed E-state index contributed by atoms with van der Waals surface area (Å²) in [4.78, 5) is 22.0. The van der Waals surface area contributed by atoms with Crippen LogP contribution in [0.1, 0.15) is 10.4 Å². The molecule has 0 spiro atoms. The predicted octanol–water partition coefficient (Wildman–Crippen LogP) is 6.28. The minimum absolute atomic E-state index is 0.0254. The third-order valence-corrected chi connectivity index (χ3v) is 6.25. The Bertz CT molecular complexity index is 1280. The monoisotopic (exact) mass is 477 g/mol. The first-order valence-corrected chi connectivity index (χ1v) is 11.4. The summed E-state index contributed by atoms with van der Waals surface area (Å²) in [6.07, 6.45) is 1.67. The molecular weight excluding hydrogens is 457 g/mol. The molecule has 0 aliphatic carbocycles. The fraction of sp³-hybridized carbons (Fsp3) is 0.154. The molecule has 7 heteroatoms. The molecule has 1 aliphatic heterocycles. The first-order valence-electron chi connectivity index (χ1n) is 10.7. The maximum absolute atomic E-state index is 13.4. The van der Waals surface area contributed by atoms with E-state index in [1.807, 2.05) is 65.6 Å². The van der Waals surface area contributed by atoms with Crippen LogP contribution >= 0.6 is 23.2 Å². The third-order valence-electron chi connectivity index (χ3n) is 5.76. The van der Waals surface area contributed by atoms with Crippen molar-refractivity contribution in [2.24, 2.45) is 0 Å². The highest BCUT2D eigenvalue weighted by molar-refractivity contribution is 6.31. The van der Waals surface area contributed by atoms with E-state index in [4.69, 9.17) is 27.6 Å². The average molecular weight is 478 g/mol. The van der Waals surface area contributed by atoms with E-state index in [-0.39, 0.29) is 5.91 Å². The average Bonchev–Trinajstić information content (AvgIpc) is 3.34. The quantitative estimate of drug-likeness (QED) is 0.347. The number of hydrogen-bond acceptors (Lipinski definition) is 4. The van der Waals surface area contributed by atoms with Crippen LogP contribution in [-0.4, -0.2) is 42.0 Å². The molecule has 1 aromatic heterocycles. The molecule has 5 rings (SSSR count). The van der Waals surface area contributed by atoms with Crippen molar-refractivity contribution in [1.29, 1.82) is 0 Å². The van der Waals surface area contributed by atoms with Gasteiger partial charge in [0.2, 0.25) is 5.89 Å². The molecule has 3 aromatic carbocycles. The number of rotatable bonds is 4. The maximum Gasteiger partial charge on any atom is 0.254 e. The summed E-state index contributed by atoms with van der Waals surface area (Å²) in [7, 11) is 0. The number of piperazine rings is 1. The fourth-order valence-corrected chi connectivity index (χ4v) is 4.32. The molecular formula is C26H21Cl2N3O2. The molecule has 5 nitrogen and oxygen atoms in total. The number of anilines is 1. The first-order chi connectivity index (χ1) is 16.1. The number of nitrogens with zero attached hydrogens (tertiary/aromatic N) is 3. The van der Waals surface area contributed by atoms with Crippen LogP contribution in [0.15, 0.2) is 83.4 Å². The first kappa shape index (κ1) is 21.6. The van der Waals surface area contributed by atoms with E-state index in [0.717, 1.165) is 24.3 Å². The molecule has 2 heterocycles. The smallest absolute Gasteiger partial charge is 0.254 e. The molecule has 0 radical (unpaired) electrons. The molecule has 0 bridgehead atoms. The number of hydrogen-bond donors (Lipinski definition) is 0. The van der Waals surface area contributed by atoms with Gasteiger partial charge in [0, 0.05) is 53.0 Å². The van der Waals surface area contributed by atoms with Gasteiger partial charge in [0.25, 0.3) is 5.91 Å². The van der Waals surface area contributed by atoms with Gasteiger partial charge < -0.3 is 14.2 Å². The van der Waals surface area contributed by atoms with Gasteiger partial charge >= 0.3 is 0 Å². The summed E-state index contributed by atoms with van der Waals surface area (Å²) in [5, 5.41) is 1.37. The highest BCUT2D eigenvalue weighted by Gasteiger charge is 2.25. The third kappa shape index (κ3) is 4.61. The molecule has 1 fully saturated rings. The summed E-state index contributed by atoms with van der Waals surface area (Å²) in [6.45, 7) is 2.74. The van der Waals surface area contributed by atoms with Gasteiger partial charge in [0.05, 0.1) is 11.8 Å². The highest BCUT2D eigenvalue weighted by atomic mass is 35.5. The number of benzene rings is 3. The predicted molar refractivity (Wildman–Crippen MR) is 132 cm³/mol. The van der Waals surface area contributed by atoms with Crippen molar-refractivity contribution in [3.8, 4) is 22.8 Å². The van der Waals surface area contributed by atoms with E-state index in [1.165, 1.54) is 0 Å². The second-order valence-corrected chi connectivity index (χ2v) is 8.71. The molecule has 4 aromatic rings. The Hall–Kier alpha value is -3.28. The lowest BCUT2D eigenvalue weighted by molar-refractivity contribution is 0.0747. The minimum Gasteiger partial charge on any atom is -0.436 e. The second kappa shape index (κ2) is 9.30. The lowest BCUT2D eigenvalue weighted by Crippen LogP contribution is -2.48. The van der Waals surface area contributed by atoms with Crippen LogP contribution in [0, 0.1) is 0 Å². The SMILES string of the molecule is O=C(c1ccccc1-c1ncc(-c2ccc(Cl)cc2)o1)N1CCN(c2cccc(Cl)c2)CC1. The van der Waals surface area contributed by atoms with Gasteiger partial charge in [0.1, 0.15) is 0 Å². The molecule has 33 heavy (non-hydrogen) atoms. The Morgan fingerprint density at radius 3 is 2.36 bits per heavy atom. The Morgan fingerprint density at radius 1 is 0.848 bits per heavy atom. The Morgan fingerprint density at radius 2 is 1.61 bits per heavy atom. The molecule has 0 N–H and O–H groups in total. The van der Waals surface area contributed by atoms with Crippen LogP contribution in [0.4, 0.5) is 5.69 Å². The zero-order valence-electron chi connectivity index (χ0n) is 17.7. The van der Waals surface area contributed by atoms with Gasteiger partial charge in [-0.1, -0.05) is 41.4 Å². The number of carbonyl (C=O) groups is 1. The van der Waals surface area contributed by atoms with Gasteiger partial charge in [0.15, 0.2) is 5.76 Å². The van der Waals surface area contributed by atoms with Crippen LogP contribution < -0.4 is 4.90 Å².